The molecule has 0 spiro atoms. The molecule has 2 N–H and O–H groups in total. The molecular formula is C14H16ClN3. The summed E-state index contributed by atoms with van der Waals surface area (Å²) in [5.74, 6) is 1.02. The SMILES string of the molecule is CCCNCc1nc2c([nH]1)Cc1cc(Cl)ccc1-2. The molecule has 0 aliphatic heterocycles. The van der Waals surface area contributed by atoms with Gasteiger partial charge in [-0.2, -0.15) is 0 Å². The average Bonchev–Trinajstić information content (AvgIpc) is 2.85. The molecule has 0 saturated carbocycles. The lowest BCUT2D eigenvalue weighted by atomic mass is 10.1. The minimum atomic E-state index is 0.795. The fourth-order valence-corrected chi connectivity index (χ4v) is 2.61. The highest BCUT2D eigenvalue weighted by atomic mass is 35.5. The van der Waals surface area contributed by atoms with Crippen LogP contribution in [-0.4, -0.2) is 16.5 Å². The molecule has 3 nitrogen and oxygen atoms in total. The van der Waals surface area contributed by atoms with Gasteiger partial charge in [0.1, 0.15) is 5.82 Å². The van der Waals surface area contributed by atoms with Crippen molar-refractivity contribution < 1.29 is 0 Å². The van der Waals surface area contributed by atoms with E-state index in [2.05, 4.69) is 28.3 Å². The lowest BCUT2D eigenvalue weighted by Crippen LogP contribution is -2.14. The Hall–Kier alpha value is -1.32. The molecule has 2 aromatic rings. The Morgan fingerprint density at radius 3 is 3.17 bits per heavy atom. The van der Waals surface area contributed by atoms with Gasteiger partial charge in [-0.1, -0.05) is 24.6 Å². The molecule has 18 heavy (non-hydrogen) atoms. The zero-order chi connectivity index (χ0) is 12.5. The molecule has 1 aliphatic rings. The van der Waals surface area contributed by atoms with E-state index in [1.807, 2.05) is 12.1 Å². The lowest BCUT2D eigenvalue weighted by molar-refractivity contribution is 0.654. The molecule has 0 saturated heterocycles. The Morgan fingerprint density at radius 2 is 2.33 bits per heavy atom. The third-order valence-electron chi connectivity index (χ3n) is 3.24. The number of aromatic nitrogens is 2. The quantitative estimate of drug-likeness (QED) is 0.709. The van der Waals surface area contributed by atoms with Crippen LogP contribution >= 0.6 is 11.6 Å². The number of aromatic amines is 1. The van der Waals surface area contributed by atoms with Gasteiger partial charge >= 0.3 is 0 Å². The third kappa shape index (κ3) is 2.04. The van der Waals surface area contributed by atoms with Gasteiger partial charge in [-0.15, -0.1) is 0 Å². The molecule has 0 bridgehead atoms. The van der Waals surface area contributed by atoms with Crippen molar-refractivity contribution in [2.75, 3.05) is 6.54 Å². The van der Waals surface area contributed by atoms with Crippen LogP contribution in [0.25, 0.3) is 11.3 Å². The maximum absolute atomic E-state index is 6.01. The fraction of sp³-hybridized carbons (Fsp3) is 0.357. The third-order valence-corrected chi connectivity index (χ3v) is 3.47. The Morgan fingerprint density at radius 1 is 1.44 bits per heavy atom. The maximum atomic E-state index is 6.01. The first-order valence-electron chi connectivity index (χ1n) is 6.35. The van der Waals surface area contributed by atoms with Gasteiger partial charge in [-0.3, -0.25) is 0 Å². The van der Waals surface area contributed by atoms with Gasteiger partial charge in [0.05, 0.1) is 12.2 Å². The number of fused-ring (bicyclic) bond motifs is 3. The van der Waals surface area contributed by atoms with E-state index in [1.165, 1.54) is 16.8 Å². The maximum Gasteiger partial charge on any atom is 0.121 e. The summed E-state index contributed by atoms with van der Waals surface area (Å²) in [7, 11) is 0. The number of hydrogen-bond acceptors (Lipinski definition) is 2. The minimum Gasteiger partial charge on any atom is -0.344 e. The summed E-state index contributed by atoms with van der Waals surface area (Å²) in [6.07, 6.45) is 2.05. The van der Waals surface area contributed by atoms with Crippen molar-refractivity contribution in [3.05, 3.63) is 40.3 Å². The highest BCUT2D eigenvalue weighted by Gasteiger charge is 2.22. The molecule has 0 atom stereocenters. The average molecular weight is 262 g/mol. The van der Waals surface area contributed by atoms with Gasteiger partial charge < -0.3 is 10.3 Å². The summed E-state index contributed by atoms with van der Waals surface area (Å²) >= 11 is 6.01. The van der Waals surface area contributed by atoms with E-state index in [0.717, 1.165) is 42.5 Å². The highest BCUT2D eigenvalue weighted by molar-refractivity contribution is 6.30. The highest BCUT2D eigenvalue weighted by Crippen LogP contribution is 2.36. The Bertz CT molecular complexity index is 574. The van der Waals surface area contributed by atoms with Crippen molar-refractivity contribution in [2.45, 2.75) is 26.3 Å². The van der Waals surface area contributed by atoms with Gasteiger partial charge in [0.25, 0.3) is 0 Å². The number of nitrogens with one attached hydrogen (secondary N) is 2. The lowest BCUT2D eigenvalue weighted by Gasteiger charge is -2.01. The van der Waals surface area contributed by atoms with Crippen molar-refractivity contribution in [2.24, 2.45) is 0 Å². The fourth-order valence-electron chi connectivity index (χ4n) is 2.41. The van der Waals surface area contributed by atoms with Crippen LogP contribution in [0.5, 0.6) is 0 Å². The van der Waals surface area contributed by atoms with Crippen molar-refractivity contribution >= 4 is 11.6 Å². The van der Waals surface area contributed by atoms with Gasteiger partial charge in [0.2, 0.25) is 0 Å². The van der Waals surface area contributed by atoms with E-state index in [1.54, 1.807) is 0 Å². The Labute approximate surface area is 112 Å². The van der Waals surface area contributed by atoms with Crippen LogP contribution < -0.4 is 5.32 Å². The smallest absolute Gasteiger partial charge is 0.121 e. The molecule has 0 fully saturated rings. The summed E-state index contributed by atoms with van der Waals surface area (Å²) in [4.78, 5) is 8.07. The first-order valence-corrected chi connectivity index (χ1v) is 6.73. The van der Waals surface area contributed by atoms with E-state index >= 15 is 0 Å². The van der Waals surface area contributed by atoms with Crippen LogP contribution in [0.4, 0.5) is 0 Å². The number of rotatable bonds is 4. The first kappa shape index (κ1) is 11.8. The summed E-state index contributed by atoms with van der Waals surface area (Å²) in [5, 5.41) is 4.15. The number of halogens is 1. The molecule has 94 valence electrons. The predicted octanol–water partition coefficient (Wildman–Crippen LogP) is 3.13. The molecule has 1 heterocycles. The van der Waals surface area contributed by atoms with E-state index in [9.17, 15) is 0 Å². The second kappa shape index (κ2) is 4.75. The molecule has 3 rings (SSSR count). The van der Waals surface area contributed by atoms with Crippen LogP contribution in [-0.2, 0) is 13.0 Å². The number of imidazole rings is 1. The molecule has 1 aromatic heterocycles. The van der Waals surface area contributed by atoms with Crippen LogP contribution in [0.2, 0.25) is 5.02 Å². The van der Waals surface area contributed by atoms with Crippen LogP contribution in [0.15, 0.2) is 18.2 Å². The minimum absolute atomic E-state index is 0.795. The van der Waals surface area contributed by atoms with Crippen LogP contribution in [0.1, 0.15) is 30.4 Å². The standard InChI is InChI=1S/C14H16ClN3/c1-2-5-16-8-13-17-12-7-9-6-10(15)3-4-11(9)14(12)18-13/h3-4,6,16H,2,5,7-8H2,1H3,(H,17,18). The first-order chi connectivity index (χ1) is 8.78. The summed E-state index contributed by atoms with van der Waals surface area (Å²) in [6, 6.07) is 6.02. The number of benzene rings is 1. The number of nitrogens with zero attached hydrogens (tertiary/aromatic N) is 1. The monoisotopic (exact) mass is 261 g/mol. The molecule has 4 heteroatoms. The van der Waals surface area contributed by atoms with E-state index in [4.69, 9.17) is 11.6 Å². The molecule has 0 radical (unpaired) electrons. The Kier molecular flexibility index (Phi) is 3.10. The van der Waals surface area contributed by atoms with Crippen molar-refractivity contribution in [3.8, 4) is 11.3 Å². The topological polar surface area (TPSA) is 40.7 Å². The summed E-state index contributed by atoms with van der Waals surface area (Å²) in [6.45, 7) is 4.00. The molecule has 1 aromatic carbocycles. The largest absolute Gasteiger partial charge is 0.344 e. The zero-order valence-corrected chi connectivity index (χ0v) is 11.1. The number of hydrogen-bond donors (Lipinski definition) is 2. The van der Waals surface area contributed by atoms with E-state index in [0.29, 0.717) is 0 Å². The predicted molar refractivity (Wildman–Crippen MR) is 73.8 cm³/mol. The van der Waals surface area contributed by atoms with Gasteiger partial charge in [-0.25, -0.2) is 4.98 Å². The second-order valence-corrected chi connectivity index (χ2v) is 5.10. The summed E-state index contributed by atoms with van der Waals surface area (Å²) in [5.41, 5.74) is 4.78. The van der Waals surface area contributed by atoms with Crippen LogP contribution in [0.3, 0.4) is 0 Å². The van der Waals surface area contributed by atoms with Gasteiger partial charge in [0.15, 0.2) is 0 Å². The molecule has 0 unspecified atom stereocenters. The van der Waals surface area contributed by atoms with Crippen molar-refractivity contribution in [1.82, 2.24) is 15.3 Å². The zero-order valence-electron chi connectivity index (χ0n) is 10.4. The number of H-pyrrole nitrogens is 1. The van der Waals surface area contributed by atoms with E-state index in [-0.39, 0.29) is 0 Å². The molecule has 1 aliphatic carbocycles. The van der Waals surface area contributed by atoms with Crippen LogP contribution in [0, 0.1) is 0 Å². The van der Waals surface area contributed by atoms with Crippen molar-refractivity contribution in [1.29, 1.82) is 0 Å². The second-order valence-electron chi connectivity index (χ2n) is 4.67. The summed E-state index contributed by atoms with van der Waals surface area (Å²) < 4.78 is 0. The molecular weight excluding hydrogens is 246 g/mol. The normalized spacial score (nSPS) is 12.6. The van der Waals surface area contributed by atoms with Gasteiger partial charge in [-0.05, 0) is 30.7 Å². The molecule has 0 amide bonds. The van der Waals surface area contributed by atoms with Gasteiger partial charge in [0, 0.05) is 22.7 Å². The Balaban J connectivity index is 1.84. The van der Waals surface area contributed by atoms with E-state index < -0.39 is 0 Å². The van der Waals surface area contributed by atoms with Crippen molar-refractivity contribution in [3.63, 3.8) is 0 Å².